The lowest BCUT2D eigenvalue weighted by Crippen LogP contribution is -2.20. The fourth-order valence-corrected chi connectivity index (χ4v) is 2.04. The quantitative estimate of drug-likeness (QED) is 0.811. The van der Waals surface area contributed by atoms with E-state index in [4.69, 9.17) is 23.2 Å². The number of amides is 2. The van der Waals surface area contributed by atoms with E-state index in [1.54, 1.807) is 0 Å². The Kier molecular flexibility index (Phi) is 4.42. The van der Waals surface area contributed by atoms with E-state index < -0.39 is 17.7 Å². The second-order valence-electron chi connectivity index (χ2n) is 3.84. The Labute approximate surface area is 123 Å². The average molecular weight is 317 g/mol. The number of urea groups is 1. The molecule has 0 bridgehead atoms. The summed E-state index contributed by atoms with van der Waals surface area (Å²) < 4.78 is 26.4. The lowest BCUT2D eigenvalue weighted by atomic mass is 10.3. The summed E-state index contributed by atoms with van der Waals surface area (Å²) in [6.07, 6.45) is 0. The topological polar surface area (TPSA) is 41.1 Å². The van der Waals surface area contributed by atoms with Crippen LogP contribution in [0.2, 0.25) is 10.0 Å². The molecule has 0 aromatic heterocycles. The molecular formula is C13H8Cl2F2N2O. The second-order valence-corrected chi connectivity index (χ2v) is 4.71. The third kappa shape index (κ3) is 3.59. The predicted octanol–water partition coefficient (Wildman–Crippen LogP) is 4.92. The highest BCUT2D eigenvalue weighted by atomic mass is 35.5. The number of nitrogens with one attached hydrogen (secondary N) is 2. The normalized spacial score (nSPS) is 10.2. The predicted molar refractivity (Wildman–Crippen MR) is 75.5 cm³/mol. The van der Waals surface area contributed by atoms with Crippen LogP contribution in [0.1, 0.15) is 0 Å². The van der Waals surface area contributed by atoms with E-state index in [1.807, 2.05) is 0 Å². The van der Waals surface area contributed by atoms with E-state index in [9.17, 15) is 13.6 Å². The SMILES string of the molecule is O=C(Nc1cc(Cl)cc(Cl)c1)Nc1cccc(F)c1F. The molecule has 2 aromatic rings. The molecule has 2 N–H and O–H groups in total. The van der Waals surface area contributed by atoms with Crippen molar-refractivity contribution in [1.29, 1.82) is 0 Å². The molecule has 2 amide bonds. The van der Waals surface area contributed by atoms with Crippen molar-refractivity contribution in [1.82, 2.24) is 0 Å². The highest BCUT2D eigenvalue weighted by Crippen LogP contribution is 2.23. The van der Waals surface area contributed by atoms with Crippen molar-refractivity contribution in [2.24, 2.45) is 0 Å². The van der Waals surface area contributed by atoms with Crippen LogP contribution in [-0.2, 0) is 0 Å². The number of halogens is 4. The molecule has 0 aliphatic carbocycles. The largest absolute Gasteiger partial charge is 0.323 e. The van der Waals surface area contributed by atoms with Gasteiger partial charge in [0, 0.05) is 15.7 Å². The molecule has 2 rings (SSSR count). The molecule has 0 aliphatic heterocycles. The summed E-state index contributed by atoms with van der Waals surface area (Å²) in [4.78, 5) is 11.7. The monoisotopic (exact) mass is 316 g/mol. The number of benzene rings is 2. The Morgan fingerprint density at radius 2 is 1.65 bits per heavy atom. The van der Waals surface area contributed by atoms with Gasteiger partial charge in [0.2, 0.25) is 0 Å². The highest BCUT2D eigenvalue weighted by Gasteiger charge is 2.11. The van der Waals surface area contributed by atoms with Gasteiger partial charge in [-0.3, -0.25) is 0 Å². The van der Waals surface area contributed by atoms with Gasteiger partial charge in [0.05, 0.1) is 5.69 Å². The fourth-order valence-electron chi connectivity index (χ4n) is 1.51. The molecule has 0 unspecified atom stereocenters. The van der Waals surface area contributed by atoms with Crippen LogP contribution >= 0.6 is 23.2 Å². The molecule has 0 spiro atoms. The van der Waals surface area contributed by atoms with Crippen LogP contribution in [0.15, 0.2) is 36.4 Å². The molecular weight excluding hydrogens is 309 g/mol. The average Bonchev–Trinajstić information content (AvgIpc) is 2.33. The van der Waals surface area contributed by atoms with E-state index in [1.165, 1.54) is 30.3 Å². The van der Waals surface area contributed by atoms with Gasteiger partial charge < -0.3 is 10.6 Å². The molecule has 0 atom stereocenters. The molecule has 0 saturated carbocycles. The van der Waals surface area contributed by atoms with E-state index in [2.05, 4.69) is 10.6 Å². The maximum Gasteiger partial charge on any atom is 0.323 e. The zero-order valence-corrected chi connectivity index (χ0v) is 11.4. The first-order valence-corrected chi connectivity index (χ1v) is 6.19. The van der Waals surface area contributed by atoms with Crippen LogP contribution in [0.25, 0.3) is 0 Å². The minimum absolute atomic E-state index is 0.268. The second kappa shape index (κ2) is 6.07. The summed E-state index contributed by atoms with van der Waals surface area (Å²) in [6.45, 7) is 0. The lowest BCUT2D eigenvalue weighted by molar-refractivity contribution is 0.262. The molecule has 20 heavy (non-hydrogen) atoms. The van der Waals surface area contributed by atoms with Gasteiger partial charge in [0.1, 0.15) is 0 Å². The van der Waals surface area contributed by atoms with Crippen LogP contribution in [0.3, 0.4) is 0 Å². The summed E-state index contributed by atoms with van der Waals surface area (Å²) in [6, 6.07) is 7.16. The summed E-state index contributed by atoms with van der Waals surface area (Å²) in [5.74, 6) is -2.18. The van der Waals surface area contributed by atoms with E-state index in [0.717, 1.165) is 6.07 Å². The molecule has 0 aliphatic rings. The van der Waals surface area contributed by atoms with Gasteiger partial charge >= 0.3 is 6.03 Å². The first-order valence-electron chi connectivity index (χ1n) is 5.44. The molecule has 3 nitrogen and oxygen atoms in total. The molecule has 0 heterocycles. The van der Waals surface area contributed by atoms with Gasteiger partial charge in [-0.25, -0.2) is 13.6 Å². The van der Waals surface area contributed by atoms with E-state index in [-0.39, 0.29) is 5.69 Å². The standard InChI is InChI=1S/C13H8Cl2F2N2O/c14-7-4-8(15)6-9(5-7)18-13(20)19-11-3-1-2-10(16)12(11)17/h1-6H,(H2,18,19,20). The van der Waals surface area contributed by atoms with Gasteiger partial charge in [0.15, 0.2) is 11.6 Å². The number of hydrogen-bond acceptors (Lipinski definition) is 1. The number of rotatable bonds is 2. The zero-order chi connectivity index (χ0) is 14.7. The summed E-state index contributed by atoms with van der Waals surface area (Å²) >= 11 is 11.5. The van der Waals surface area contributed by atoms with Gasteiger partial charge in [-0.15, -0.1) is 0 Å². The third-order valence-electron chi connectivity index (χ3n) is 2.32. The number of carbonyl (C=O) groups excluding carboxylic acids is 1. The zero-order valence-electron chi connectivity index (χ0n) is 9.88. The molecule has 7 heteroatoms. The van der Waals surface area contributed by atoms with Crippen molar-refractivity contribution in [3.05, 3.63) is 58.1 Å². The van der Waals surface area contributed by atoms with Crippen molar-refractivity contribution in [2.75, 3.05) is 10.6 Å². The van der Waals surface area contributed by atoms with Crippen LogP contribution in [-0.4, -0.2) is 6.03 Å². The first kappa shape index (κ1) is 14.6. The Hall–Kier alpha value is -1.85. The molecule has 2 aromatic carbocycles. The number of anilines is 2. The van der Waals surface area contributed by atoms with Crippen LogP contribution in [0, 0.1) is 11.6 Å². The maximum atomic E-state index is 13.4. The Bertz CT molecular complexity index is 645. The fraction of sp³-hybridized carbons (Fsp3) is 0. The maximum absolute atomic E-state index is 13.4. The minimum atomic E-state index is -1.13. The lowest BCUT2D eigenvalue weighted by Gasteiger charge is -2.09. The van der Waals surface area contributed by atoms with E-state index >= 15 is 0 Å². The molecule has 104 valence electrons. The van der Waals surface area contributed by atoms with Crippen molar-refractivity contribution >= 4 is 40.6 Å². The molecule has 0 fully saturated rings. The summed E-state index contributed by atoms with van der Waals surface area (Å²) in [5, 5.41) is 5.27. The Morgan fingerprint density at radius 3 is 2.30 bits per heavy atom. The van der Waals surface area contributed by atoms with Crippen LogP contribution < -0.4 is 10.6 Å². The first-order chi connectivity index (χ1) is 9.45. The van der Waals surface area contributed by atoms with Crippen molar-refractivity contribution in [3.63, 3.8) is 0 Å². The van der Waals surface area contributed by atoms with Gasteiger partial charge in [-0.05, 0) is 30.3 Å². The Balaban J connectivity index is 2.11. The highest BCUT2D eigenvalue weighted by molar-refractivity contribution is 6.35. The summed E-state index contributed by atoms with van der Waals surface area (Å²) in [7, 11) is 0. The van der Waals surface area contributed by atoms with Crippen molar-refractivity contribution < 1.29 is 13.6 Å². The third-order valence-corrected chi connectivity index (χ3v) is 2.76. The molecule has 0 saturated heterocycles. The minimum Gasteiger partial charge on any atom is -0.308 e. The van der Waals surface area contributed by atoms with Gasteiger partial charge in [-0.2, -0.15) is 0 Å². The van der Waals surface area contributed by atoms with Crippen LogP contribution in [0.4, 0.5) is 25.0 Å². The summed E-state index contributed by atoms with van der Waals surface area (Å²) in [5.41, 5.74) is 0.0624. The number of hydrogen-bond donors (Lipinski definition) is 2. The van der Waals surface area contributed by atoms with Crippen molar-refractivity contribution in [2.45, 2.75) is 0 Å². The van der Waals surface area contributed by atoms with E-state index in [0.29, 0.717) is 15.7 Å². The number of carbonyl (C=O) groups is 1. The van der Waals surface area contributed by atoms with Gasteiger partial charge in [0.25, 0.3) is 0 Å². The Morgan fingerprint density at radius 1 is 1.00 bits per heavy atom. The van der Waals surface area contributed by atoms with Gasteiger partial charge in [-0.1, -0.05) is 29.3 Å². The van der Waals surface area contributed by atoms with Crippen LogP contribution in [0.5, 0.6) is 0 Å². The molecule has 0 radical (unpaired) electrons. The smallest absolute Gasteiger partial charge is 0.308 e. The van der Waals surface area contributed by atoms with Crippen molar-refractivity contribution in [3.8, 4) is 0 Å².